The summed E-state index contributed by atoms with van der Waals surface area (Å²) in [5.41, 5.74) is 3.18. The Morgan fingerprint density at radius 2 is 1.72 bits per heavy atom. The van der Waals surface area contributed by atoms with E-state index in [1.807, 2.05) is 39.8 Å². The normalized spacial score (nSPS) is 14.0. The van der Waals surface area contributed by atoms with Crippen molar-refractivity contribution in [1.29, 1.82) is 0 Å². The molecular weight excluding hydrogens is 480 g/mol. The van der Waals surface area contributed by atoms with E-state index in [0.29, 0.717) is 22.8 Å². The first kappa shape index (κ1) is 26.5. The third-order valence-corrected chi connectivity index (χ3v) is 6.07. The van der Waals surface area contributed by atoms with Crippen LogP contribution in [0.5, 0.6) is 0 Å². The quantitative estimate of drug-likeness (QED) is 0.396. The van der Waals surface area contributed by atoms with Crippen LogP contribution in [0.3, 0.4) is 0 Å². The van der Waals surface area contributed by atoms with Crippen LogP contribution < -0.4 is 5.32 Å². The summed E-state index contributed by atoms with van der Waals surface area (Å²) < 4.78 is 5.79. The van der Waals surface area contributed by atoms with Gasteiger partial charge in [0.15, 0.2) is 0 Å². The van der Waals surface area contributed by atoms with Crippen molar-refractivity contribution in [2.75, 3.05) is 11.9 Å². The van der Waals surface area contributed by atoms with Gasteiger partial charge in [-0.25, -0.2) is 4.79 Å². The van der Waals surface area contributed by atoms with E-state index in [9.17, 15) is 24.3 Å². The molecule has 8 nitrogen and oxygen atoms in total. The molecule has 1 fully saturated rings. The van der Waals surface area contributed by atoms with Crippen molar-refractivity contribution in [3.05, 3.63) is 82.0 Å². The molecule has 186 valence electrons. The Morgan fingerprint density at radius 1 is 1.03 bits per heavy atom. The predicted octanol–water partition coefficient (Wildman–Crippen LogP) is 5.96. The Balaban J connectivity index is 0.00000176. The molecule has 1 aromatic heterocycles. The van der Waals surface area contributed by atoms with E-state index in [0.717, 1.165) is 27.8 Å². The van der Waals surface area contributed by atoms with Crippen LogP contribution in [0.2, 0.25) is 0 Å². The number of furan rings is 1. The van der Waals surface area contributed by atoms with Gasteiger partial charge in [0.25, 0.3) is 11.1 Å². The lowest BCUT2D eigenvalue weighted by molar-refractivity contribution is -0.127. The first-order chi connectivity index (χ1) is 17.2. The second-order valence-electron chi connectivity index (χ2n) is 7.72. The molecule has 1 saturated heterocycles. The summed E-state index contributed by atoms with van der Waals surface area (Å²) in [6, 6.07) is 15.2. The molecule has 4 rings (SSSR count). The molecule has 1 aliphatic heterocycles. The number of nitrogens with one attached hydrogen (secondary N) is 1. The van der Waals surface area contributed by atoms with Crippen molar-refractivity contribution >= 4 is 46.5 Å². The Hall–Kier alpha value is -4.11. The van der Waals surface area contributed by atoms with Gasteiger partial charge >= 0.3 is 5.97 Å². The lowest BCUT2D eigenvalue weighted by Gasteiger charge is -2.12. The van der Waals surface area contributed by atoms with Gasteiger partial charge in [0.2, 0.25) is 5.91 Å². The van der Waals surface area contributed by atoms with Crippen molar-refractivity contribution in [2.24, 2.45) is 0 Å². The fraction of sp³-hybridized carbons (Fsp3) is 0.185. The summed E-state index contributed by atoms with van der Waals surface area (Å²) in [5.74, 6) is -1.36. The van der Waals surface area contributed by atoms with Gasteiger partial charge in [-0.3, -0.25) is 19.3 Å². The molecule has 1 aliphatic rings. The standard InChI is InChI=1S/C25H20N2O6S.C2H6/c1-14-3-7-17(8-4-14)26-22(28)13-27-23(29)21(34-25(27)32)12-18-9-10-20(33-18)19-11-16(24(30)31)6-5-15(19)2;1-2/h3-12H,13H2,1-2H3,(H,26,28)(H,30,31);1-2H3/b21-12-;. The smallest absolute Gasteiger partial charge is 0.335 e. The summed E-state index contributed by atoms with van der Waals surface area (Å²) >= 11 is 0.722. The van der Waals surface area contributed by atoms with Crippen LogP contribution in [0.25, 0.3) is 17.4 Å². The van der Waals surface area contributed by atoms with E-state index in [1.165, 1.54) is 18.2 Å². The van der Waals surface area contributed by atoms with Gasteiger partial charge < -0.3 is 14.8 Å². The number of hydrogen-bond acceptors (Lipinski definition) is 6. The molecule has 0 radical (unpaired) electrons. The average molecular weight is 507 g/mol. The zero-order chi connectivity index (χ0) is 26.4. The largest absolute Gasteiger partial charge is 0.478 e. The highest BCUT2D eigenvalue weighted by molar-refractivity contribution is 8.18. The van der Waals surface area contributed by atoms with E-state index in [2.05, 4.69) is 5.32 Å². The Bertz CT molecular complexity index is 1340. The second kappa shape index (κ2) is 11.5. The lowest BCUT2D eigenvalue weighted by atomic mass is 10.0. The number of amides is 3. The maximum Gasteiger partial charge on any atom is 0.335 e. The molecule has 0 spiro atoms. The molecule has 9 heteroatoms. The highest BCUT2D eigenvalue weighted by Gasteiger charge is 2.36. The van der Waals surface area contributed by atoms with Crippen molar-refractivity contribution in [1.82, 2.24) is 4.90 Å². The summed E-state index contributed by atoms with van der Waals surface area (Å²) in [6.07, 6.45) is 1.43. The third-order valence-electron chi connectivity index (χ3n) is 5.16. The monoisotopic (exact) mass is 506 g/mol. The number of carbonyl (C=O) groups excluding carboxylic acids is 3. The van der Waals surface area contributed by atoms with Crippen LogP contribution in [0.4, 0.5) is 10.5 Å². The number of thioether (sulfide) groups is 1. The van der Waals surface area contributed by atoms with Gasteiger partial charge in [0, 0.05) is 17.3 Å². The zero-order valence-corrected chi connectivity index (χ0v) is 21.1. The van der Waals surface area contributed by atoms with Crippen LogP contribution in [-0.4, -0.2) is 39.6 Å². The van der Waals surface area contributed by atoms with Crippen molar-refractivity contribution in [3.8, 4) is 11.3 Å². The summed E-state index contributed by atoms with van der Waals surface area (Å²) in [7, 11) is 0. The van der Waals surface area contributed by atoms with Gasteiger partial charge in [-0.15, -0.1) is 0 Å². The number of carboxylic acids is 1. The van der Waals surface area contributed by atoms with Crippen molar-refractivity contribution in [3.63, 3.8) is 0 Å². The SMILES string of the molecule is CC.Cc1ccc(NC(=O)CN2C(=O)S/C(=C\c3ccc(-c4cc(C(=O)O)ccc4C)o3)C2=O)cc1. The molecule has 36 heavy (non-hydrogen) atoms. The molecule has 0 aliphatic carbocycles. The van der Waals surface area contributed by atoms with Crippen LogP contribution in [0.1, 0.15) is 41.1 Å². The Kier molecular flexibility index (Phi) is 8.50. The average Bonchev–Trinajstić information content (AvgIpc) is 3.42. The van der Waals surface area contributed by atoms with Crippen molar-refractivity contribution in [2.45, 2.75) is 27.7 Å². The third kappa shape index (κ3) is 6.11. The molecular formula is C27H26N2O6S. The van der Waals surface area contributed by atoms with Crippen LogP contribution in [0.15, 0.2) is 63.9 Å². The first-order valence-corrected chi connectivity index (χ1v) is 12.1. The molecule has 2 heterocycles. The topological polar surface area (TPSA) is 117 Å². The molecule has 0 bridgehead atoms. The Morgan fingerprint density at radius 3 is 2.39 bits per heavy atom. The number of carboxylic acid groups (broad SMARTS) is 1. The molecule has 3 aromatic rings. The number of carbonyl (C=O) groups is 4. The molecule has 0 atom stereocenters. The number of nitrogens with zero attached hydrogens (tertiary/aromatic N) is 1. The van der Waals surface area contributed by atoms with Crippen LogP contribution >= 0.6 is 11.8 Å². The van der Waals surface area contributed by atoms with E-state index >= 15 is 0 Å². The van der Waals surface area contributed by atoms with Crippen LogP contribution in [-0.2, 0) is 9.59 Å². The number of aryl methyl sites for hydroxylation is 2. The summed E-state index contributed by atoms with van der Waals surface area (Å²) in [4.78, 5) is 49.7. The maximum atomic E-state index is 12.7. The second-order valence-corrected chi connectivity index (χ2v) is 8.71. The van der Waals surface area contributed by atoms with Gasteiger partial charge in [-0.05, 0) is 67.6 Å². The van der Waals surface area contributed by atoms with Crippen LogP contribution in [0, 0.1) is 13.8 Å². The zero-order valence-electron chi connectivity index (χ0n) is 20.3. The molecule has 2 aromatic carbocycles. The summed E-state index contributed by atoms with van der Waals surface area (Å²) in [5, 5.41) is 11.3. The van der Waals surface area contributed by atoms with Gasteiger partial charge in [-0.1, -0.05) is 37.6 Å². The minimum atomic E-state index is -1.05. The number of aromatic carboxylic acids is 1. The van der Waals surface area contributed by atoms with E-state index < -0.39 is 29.6 Å². The highest BCUT2D eigenvalue weighted by atomic mass is 32.2. The highest BCUT2D eigenvalue weighted by Crippen LogP contribution is 2.34. The number of imide groups is 1. The molecule has 3 amide bonds. The number of hydrogen-bond donors (Lipinski definition) is 2. The first-order valence-electron chi connectivity index (χ1n) is 11.3. The van der Waals surface area contributed by atoms with E-state index in [4.69, 9.17) is 4.42 Å². The molecule has 2 N–H and O–H groups in total. The van der Waals surface area contributed by atoms with E-state index in [1.54, 1.807) is 30.3 Å². The number of rotatable bonds is 6. The maximum absolute atomic E-state index is 12.7. The fourth-order valence-electron chi connectivity index (χ4n) is 3.34. The van der Waals surface area contributed by atoms with E-state index in [-0.39, 0.29) is 10.5 Å². The fourth-order valence-corrected chi connectivity index (χ4v) is 4.16. The molecule has 0 saturated carbocycles. The van der Waals surface area contributed by atoms with Crippen molar-refractivity contribution < 1.29 is 28.7 Å². The van der Waals surface area contributed by atoms with Gasteiger partial charge in [-0.2, -0.15) is 0 Å². The summed E-state index contributed by atoms with van der Waals surface area (Å²) in [6.45, 7) is 7.35. The van der Waals surface area contributed by atoms with Gasteiger partial charge in [0.1, 0.15) is 18.1 Å². The lowest BCUT2D eigenvalue weighted by Crippen LogP contribution is -2.36. The van der Waals surface area contributed by atoms with Gasteiger partial charge in [0.05, 0.1) is 10.5 Å². The minimum Gasteiger partial charge on any atom is -0.478 e. The Labute approximate surface area is 213 Å². The predicted molar refractivity (Wildman–Crippen MR) is 140 cm³/mol. The minimum absolute atomic E-state index is 0.128. The number of benzene rings is 2. The number of anilines is 1. The molecule has 0 unspecified atom stereocenters.